The molecule has 0 aliphatic heterocycles. The maximum atomic E-state index is 12.6. The van der Waals surface area contributed by atoms with Crippen molar-refractivity contribution in [3.63, 3.8) is 0 Å². The summed E-state index contributed by atoms with van der Waals surface area (Å²) in [4.78, 5) is 12.6. The number of benzene rings is 2. The lowest BCUT2D eigenvalue weighted by Crippen LogP contribution is -2.51. The highest BCUT2D eigenvalue weighted by Crippen LogP contribution is 2.29. The summed E-state index contributed by atoms with van der Waals surface area (Å²) in [7, 11) is 0. The van der Waals surface area contributed by atoms with Gasteiger partial charge in [-0.15, -0.1) is 12.4 Å². The Kier molecular flexibility index (Phi) is 6.85. The van der Waals surface area contributed by atoms with Crippen LogP contribution in [-0.2, 0) is 15.7 Å². The fourth-order valence-corrected chi connectivity index (χ4v) is 2.90. The standard InChI is InChI=1S/C19H23ClN2O.ClH/c1-18(2,15-11-7-8-12-16(15)20)13-22-17(23)19(3,21)14-9-5-4-6-10-14;/h4-12H,13,21H2,1-3H3,(H,22,23);1H. The second-order valence-corrected chi connectivity index (χ2v) is 7.02. The average molecular weight is 367 g/mol. The molecule has 2 aromatic rings. The number of hydrogen-bond acceptors (Lipinski definition) is 2. The van der Waals surface area contributed by atoms with Gasteiger partial charge in [0.25, 0.3) is 0 Å². The van der Waals surface area contributed by atoms with E-state index < -0.39 is 5.54 Å². The molecule has 3 nitrogen and oxygen atoms in total. The van der Waals surface area contributed by atoms with Crippen molar-refractivity contribution in [1.29, 1.82) is 0 Å². The number of nitrogens with one attached hydrogen (secondary N) is 1. The van der Waals surface area contributed by atoms with Gasteiger partial charge < -0.3 is 11.1 Å². The van der Waals surface area contributed by atoms with Crippen molar-refractivity contribution in [2.45, 2.75) is 31.7 Å². The van der Waals surface area contributed by atoms with Gasteiger partial charge in [0.2, 0.25) is 5.91 Å². The molecule has 2 aromatic carbocycles. The Morgan fingerprint density at radius 2 is 1.58 bits per heavy atom. The molecule has 2 rings (SSSR count). The molecular weight excluding hydrogens is 343 g/mol. The molecule has 1 atom stereocenters. The number of halogens is 2. The molecule has 0 aliphatic rings. The van der Waals surface area contributed by atoms with E-state index in [-0.39, 0.29) is 23.7 Å². The molecule has 5 heteroatoms. The van der Waals surface area contributed by atoms with Crippen LogP contribution in [0.15, 0.2) is 54.6 Å². The quantitative estimate of drug-likeness (QED) is 0.838. The first-order valence-electron chi connectivity index (χ1n) is 7.63. The topological polar surface area (TPSA) is 55.1 Å². The second kappa shape index (κ2) is 8.02. The minimum Gasteiger partial charge on any atom is -0.353 e. The number of amides is 1. The molecule has 3 N–H and O–H groups in total. The van der Waals surface area contributed by atoms with Gasteiger partial charge in [-0.1, -0.05) is 74.0 Å². The number of hydrogen-bond donors (Lipinski definition) is 2. The molecular formula is C19H24Cl2N2O. The van der Waals surface area contributed by atoms with Crippen LogP contribution in [0.5, 0.6) is 0 Å². The van der Waals surface area contributed by atoms with Crippen molar-refractivity contribution in [2.75, 3.05) is 6.54 Å². The minimum atomic E-state index is -1.07. The SMILES string of the molecule is CC(C)(CNC(=O)C(C)(N)c1ccccc1)c1ccccc1Cl.Cl. The summed E-state index contributed by atoms with van der Waals surface area (Å²) in [6, 6.07) is 17.1. The zero-order chi connectivity index (χ0) is 17.1. The third-order valence-electron chi connectivity index (χ3n) is 4.14. The fraction of sp³-hybridized carbons (Fsp3) is 0.316. The highest BCUT2D eigenvalue weighted by molar-refractivity contribution is 6.31. The van der Waals surface area contributed by atoms with Crippen LogP contribution >= 0.6 is 24.0 Å². The minimum absolute atomic E-state index is 0. The first kappa shape index (κ1) is 20.5. The fourth-order valence-electron chi connectivity index (χ4n) is 2.51. The van der Waals surface area contributed by atoms with Gasteiger partial charge in [-0.3, -0.25) is 4.79 Å². The lowest BCUT2D eigenvalue weighted by atomic mass is 9.84. The van der Waals surface area contributed by atoms with Gasteiger partial charge in [0.05, 0.1) is 0 Å². The number of rotatable bonds is 5. The van der Waals surface area contributed by atoms with E-state index in [2.05, 4.69) is 5.32 Å². The molecule has 0 spiro atoms. The third kappa shape index (κ3) is 4.50. The largest absolute Gasteiger partial charge is 0.353 e. The Morgan fingerprint density at radius 1 is 1.04 bits per heavy atom. The normalized spacial score (nSPS) is 13.5. The molecule has 1 unspecified atom stereocenters. The second-order valence-electron chi connectivity index (χ2n) is 6.61. The predicted octanol–water partition coefficient (Wildman–Crippen LogP) is 4.03. The average Bonchev–Trinajstić information content (AvgIpc) is 2.53. The zero-order valence-electron chi connectivity index (χ0n) is 14.2. The predicted molar refractivity (Wildman–Crippen MR) is 103 cm³/mol. The molecule has 0 aliphatic carbocycles. The molecule has 0 aromatic heterocycles. The van der Waals surface area contributed by atoms with E-state index in [0.29, 0.717) is 11.6 Å². The first-order valence-corrected chi connectivity index (χ1v) is 8.00. The lowest BCUT2D eigenvalue weighted by molar-refractivity contribution is -0.126. The van der Waals surface area contributed by atoms with E-state index >= 15 is 0 Å². The van der Waals surface area contributed by atoms with Crippen molar-refractivity contribution >= 4 is 29.9 Å². The van der Waals surface area contributed by atoms with Crippen LogP contribution < -0.4 is 11.1 Å². The highest BCUT2D eigenvalue weighted by Gasteiger charge is 2.32. The van der Waals surface area contributed by atoms with Crippen molar-refractivity contribution in [3.05, 3.63) is 70.7 Å². The molecule has 0 bridgehead atoms. The Bertz CT molecular complexity index is 685. The molecule has 1 amide bonds. The van der Waals surface area contributed by atoms with Crippen LogP contribution in [0.1, 0.15) is 31.9 Å². The molecule has 0 saturated carbocycles. The zero-order valence-corrected chi connectivity index (χ0v) is 15.7. The summed E-state index contributed by atoms with van der Waals surface area (Å²) in [5.74, 6) is -0.205. The molecule has 0 heterocycles. The summed E-state index contributed by atoms with van der Waals surface area (Å²) in [6.45, 7) is 6.27. The number of carbonyl (C=O) groups excluding carboxylic acids is 1. The van der Waals surface area contributed by atoms with Crippen molar-refractivity contribution < 1.29 is 4.79 Å². The number of nitrogens with two attached hydrogens (primary N) is 1. The van der Waals surface area contributed by atoms with Crippen LogP contribution in [0, 0.1) is 0 Å². The first-order chi connectivity index (χ1) is 10.7. The number of carbonyl (C=O) groups is 1. The Hall–Kier alpha value is -1.55. The van der Waals surface area contributed by atoms with Crippen LogP contribution in [0.2, 0.25) is 5.02 Å². The molecule has 0 fully saturated rings. The summed E-state index contributed by atoms with van der Waals surface area (Å²) < 4.78 is 0. The van der Waals surface area contributed by atoms with E-state index in [1.165, 1.54) is 0 Å². The molecule has 0 saturated heterocycles. The Labute approximate surface area is 155 Å². The van der Waals surface area contributed by atoms with Gasteiger partial charge >= 0.3 is 0 Å². The van der Waals surface area contributed by atoms with Gasteiger partial charge in [0.15, 0.2) is 0 Å². The maximum Gasteiger partial charge on any atom is 0.244 e. The molecule has 130 valence electrons. The Balaban J connectivity index is 0.00000288. The smallest absolute Gasteiger partial charge is 0.244 e. The van der Waals surface area contributed by atoms with Gasteiger partial charge in [0, 0.05) is 17.0 Å². The van der Waals surface area contributed by atoms with Gasteiger partial charge in [-0.05, 0) is 24.1 Å². The summed E-state index contributed by atoms with van der Waals surface area (Å²) in [5, 5.41) is 3.66. The van der Waals surface area contributed by atoms with E-state index in [0.717, 1.165) is 11.1 Å². The monoisotopic (exact) mass is 366 g/mol. The van der Waals surface area contributed by atoms with E-state index in [1.807, 2.05) is 68.4 Å². The summed E-state index contributed by atoms with van der Waals surface area (Å²) >= 11 is 6.27. The third-order valence-corrected chi connectivity index (χ3v) is 4.47. The van der Waals surface area contributed by atoms with Crippen molar-refractivity contribution in [2.24, 2.45) is 5.73 Å². The molecule has 24 heavy (non-hydrogen) atoms. The highest BCUT2D eigenvalue weighted by atomic mass is 35.5. The van der Waals surface area contributed by atoms with Crippen LogP contribution in [0.25, 0.3) is 0 Å². The van der Waals surface area contributed by atoms with Crippen molar-refractivity contribution in [3.8, 4) is 0 Å². The Morgan fingerprint density at radius 3 is 2.17 bits per heavy atom. The summed E-state index contributed by atoms with van der Waals surface area (Å²) in [5.41, 5.74) is 6.66. The van der Waals surface area contributed by atoms with Crippen molar-refractivity contribution in [1.82, 2.24) is 5.32 Å². The van der Waals surface area contributed by atoms with E-state index in [9.17, 15) is 4.79 Å². The van der Waals surface area contributed by atoms with E-state index in [4.69, 9.17) is 17.3 Å². The van der Waals surface area contributed by atoms with Crippen LogP contribution in [-0.4, -0.2) is 12.5 Å². The van der Waals surface area contributed by atoms with Crippen LogP contribution in [0.4, 0.5) is 0 Å². The summed E-state index contributed by atoms with van der Waals surface area (Å²) in [6.07, 6.45) is 0. The van der Waals surface area contributed by atoms with Gasteiger partial charge in [0.1, 0.15) is 5.54 Å². The van der Waals surface area contributed by atoms with Crippen LogP contribution in [0.3, 0.4) is 0 Å². The maximum absolute atomic E-state index is 12.6. The molecule has 0 radical (unpaired) electrons. The van der Waals surface area contributed by atoms with E-state index in [1.54, 1.807) is 6.92 Å². The van der Waals surface area contributed by atoms with Gasteiger partial charge in [-0.2, -0.15) is 0 Å². The lowest BCUT2D eigenvalue weighted by Gasteiger charge is -2.30. The van der Waals surface area contributed by atoms with Gasteiger partial charge in [-0.25, -0.2) is 0 Å².